The summed E-state index contributed by atoms with van der Waals surface area (Å²) in [6.45, 7) is 0. The van der Waals surface area contributed by atoms with Crippen molar-refractivity contribution in [3.8, 4) is 11.3 Å². The molecule has 0 N–H and O–H groups in total. The summed E-state index contributed by atoms with van der Waals surface area (Å²) >= 11 is 0. The third-order valence-corrected chi connectivity index (χ3v) is 8.90. The Balaban J connectivity index is 1.31. The molecule has 35 heavy (non-hydrogen) atoms. The zero-order chi connectivity index (χ0) is 22.9. The molecule has 4 heterocycles. The summed E-state index contributed by atoms with van der Waals surface area (Å²) in [6.07, 6.45) is 9.54. The third-order valence-electron chi connectivity index (χ3n) is 8.90. The van der Waals surface area contributed by atoms with E-state index in [1.807, 2.05) is 0 Å². The van der Waals surface area contributed by atoms with E-state index >= 15 is 0 Å². The van der Waals surface area contributed by atoms with Gasteiger partial charge in [-0.2, -0.15) is 4.57 Å². The molecule has 3 nitrogen and oxygen atoms in total. The smallest absolute Gasteiger partial charge is 0.213 e. The van der Waals surface area contributed by atoms with E-state index in [9.17, 15) is 0 Å². The van der Waals surface area contributed by atoms with Crippen LogP contribution >= 0.6 is 0 Å². The van der Waals surface area contributed by atoms with Crippen LogP contribution in [0.5, 0.6) is 0 Å². The molecular weight excluding hydrogens is 426 g/mol. The molecule has 0 amide bonds. The van der Waals surface area contributed by atoms with Crippen molar-refractivity contribution in [2.75, 3.05) is 9.80 Å². The molecule has 8 rings (SSSR count). The fourth-order valence-corrected chi connectivity index (χ4v) is 7.58. The van der Waals surface area contributed by atoms with Crippen LogP contribution in [-0.2, 0) is 0 Å². The molecule has 1 saturated carbocycles. The molecule has 3 aromatic carbocycles. The molecule has 3 aliphatic heterocycles. The van der Waals surface area contributed by atoms with Gasteiger partial charge in [-0.05, 0) is 60.2 Å². The number of benzene rings is 3. The van der Waals surface area contributed by atoms with Crippen LogP contribution in [0.1, 0.15) is 41.8 Å². The standard InChI is InChI=1S/C32H28N3/c1-2-10-22(11-3-1)33-18-19-34-29-15-7-6-14-25(29)26-20-27-23-12-4-5-13-24(23)30-16-8-9-17-35(30)32(27)28(26)21-31(33)34/h1-19,26-28,31-32H,20-21H2/q+1. The summed E-state index contributed by atoms with van der Waals surface area (Å²) in [6, 6.07) is 36.4. The third kappa shape index (κ3) is 2.70. The lowest BCUT2D eigenvalue weighted by Gasteiger charge is -2.35. The summed E-state index contributed by atoms with van der Waals surface area (Å²) in [7, 11) is 0. The molecule has 1 fully saturated rings. The molecule has 170 valence electrons. The zero-order valence-electron chi connectivity index (χ0n) is 19.6. The van der Waals surface area contributed by atoms with Crippen molar-refractivity contribution in [3.05, 3.63) is 127 Å². The number of hydrogen-bond acceptors (Lipinski definition) is 2. The second kappa shape index (κ2) is 7.32. The topological polar surface area (TPSA) is 10.4 Å². The van der Waals surface area contributed by atoms with Gasteiger partial charge in [0.05, 0.1) is 0 Å². The molecule has 5 unspecified atom stereocenters. The fourth-order valence-electron chi connectivity index (χ4n) is 7.58. The normalized spacial score (nSPS) is 27.3. The van der Waals surface area contributed by atoms with E-state index in [-0.39, 0.29) is 6.17 Å². The van der Waals surface area contributed by atoms with Gasteiger partial charge in [0, 0.05) is 53.3 Å². The molecule has 3 heteroatoms. The van der Waals surface area contributed by atoms with Crippen LogP contribution in [0.15, 0.2) is 116 Å². The Morgan fingerprint density at radius 1 is 0.629 bits per heavy atom. The summed E-state index contributed by atoms with van der Waals surface area (Å²) in [5, 5.41) is 0. The Morgan fingerprint density at radius 2 is 1.37 bits per heavy atom. The Bertz CT molecular complexity index is 1460. The predicted molar refractivity (Wildman–Crippen MR) is 140 cm³/mol. The first-order valence-corrected chi connectivity index (χ1v) is 12.9. The van der Waals surface area contributed by atoms with Gasteiger partial charge in [0.2, 0.25) is 5.69 Å². The second-order valence-corrected chi connectivity index (χ2v) is 10.4. The van der Waals surface area contributed by atoms with Crippen LogP contribution in [0.4, 0.5) is 11.4 Å². The molecule has 0 saturated heterocycles. The minimum absolute atomic E-state index is 0.289. The summed E-state index contributed by atoms with van der Waals surface area (Å²) in [4.78, 5) is 5.02. The van der Waals surface area contributed by atoms with Crippen LogP contribution in [0.25, 0.3) is 11.3 Å². The SMILES string of the molecule is C1=CN2c3ccccc3C3CC4c5ccccc5-c5cccc[n+]5C4C3CC2N1c1ccccc1. The number of rotatable bonds is 1. The van der Waals surface area contributed by atoms with E-state index in [4.69, 9.17) is 0 Å². The van der Waals surface area contributed by atoms with E-state index in [1.54, 1.807) is 0 Å². The lowest BCUT2D eigenvalue weighted by molar-refractivity contribution is -0.722. The largest absolute Gasteiger partial charge is 0.325 e. The maximum absolute atomic E-state index is 2.62. The van der Waals surface area contributed by atoms with Crippen molar-refractivity contribution in [1.29, 1.82) is 0 Å². The van der Waals surface area contributed by atoms with Gasteiger partial charge in [-0.1, -0.05) is 54.6 Å². The van der Waals surface area contributed by atoms with Gasteiger partial charge >= 0.3 is 0 Å². The zero-order valence-corrected chi connectivity index (χ0v) is 19.6. The van der Waals surface area contributed by atoms with Gasteiger partial charge in [0.1, 0.15) is 6.17 Å². The molecule has 0 spiro atoms. The highest BCUT2D eigenvalue weighted by Gasteiger charge is 2.56. The maximum Gasteiger partial charge on any atom is 0.213 e. The Labute approximate surface area is 206 Å². The highest BCUT2D eigenvalue weighted by atomic mass is 15.4. The Kier molecular flexibility index (Phi) is 4.07. The van der Waals surface area contributed by atoms with Crippen LogP contribution in [0, 0.1) is 5.92 Å². The molecule has 1 aliphatic carbocycles. The van der Waals surface area contributed by atoms with Gasteiger partial charge < -0.3 is 9.80 Å². The molecule has 0 bridgehead atoms. The lowest BCUT2D eigenvalue weighted by atomic mass is 9.81. The van der Waals surface area contributed by atoms with E-state index in [1.165, 1.54) is 40.2 Å². The fraction of sp³-hybridized carbons (Fsp3) is 0.219. The van der Waals surface area contributed by atoms with Gasteiger partial charge in [-0.25, -0.2) is 0 Å². The number of anilines is 2. The average Bonchev–Trinajstić information content (AvgIpc) is 3.49. The van der Waals surface area contributed by atoms with Gasteiger partial charge in [0.25, 0.3) is 0 Å². The Morgan fingerprint density at radius 3 is 2.29 bits per heavy atom. The van der Waals surface area contributed by atoms with Crippen molar-refractivity contribution < 1.29 is 4.57 Å². The molecule has 1 aromatic heterocycles. The second-order valence-electron chi connectivity index (χ2n) is 10.4. The van der Waals surface area contributed by atoms with E-state index in [0.717, 1.165) is 6.42 Å². The van der Waals surface area contributed by atoms with Crippen LogP contribution in [0.3, 0.4) is 0 Å². The number of para-hydroxylation sites is 2. The van der Waals surface area contributed by atoms with Crippen LogP contribution < -0.4 is 14.4 Å². The van der Waals surface area contributed by atoms with E-state index in [0.29, 0.717) is 23.8 Å². The van der Waals surface area contributed by atoms with Gasteiger partial charge in [0.15, 0.2) is 12.2 Å². The molecule has 4 aromatic rings. The van der Waals surface area contributed by atoms with Crippen molar-refractivity contribution in [3.63, 3.8) is 0 Å². The van der Waals surface area contributed by atoms with E-state index in [2.05, 4.69) is 130 Å². The van der Waals surface area contributed by atoms with Crippen molar-refractivity contribution in [2.24, 2.45) is 5.92 Å². The molecular formula is C32H28N3+. The van der Waals surface area contributed by atoms with Crippen LogP contribution in [0.2, 0.25) is 0 Å². The summed E-state index contributed by atoms with van der Waals surface area (Å²) < 4.78 is 2.62. The predicted octanol–water partition coefficient (Wildman–Crippen LogP) is 6.61. The number of nitrogens with zero attached hydrogens (tertiary/aromatic N) is 3. The quantitative estimate of drug-likeness (QED) is 0.300. The number of hydrogen-bond donors (Lipinski definition) is 0. The summed E-state index contributed by atoms with van der Waals surface area (Å²) in [5.41, 5.74) is 8.48. The number of aromatic nitrogens is 1. The van der Waals surface area contributed by atoms with Crippen molar-refractivity contribution >= 4 is 11.4 Å². The molecule has 4 aliphatic rings. The maximum atomic E-state index is 2.62. The monoisotopic (exact) mass is 454 g/mol. The lowest BCUT2D eigenvalue weighted by Crippen LogP contribution is -2.50. The number of fused-ring (bicyclic) bond motifs is 12. The minimum Gasteiger partial charge on any atom is -0.325 e. The highest BCUT2D eigenvalue weighted by Crippen LogP contribution is 2.60. The highest BCUT2D eigenvalue weighted by molar-refractivity contribution is 5.67. The number of pyridine rings is 1. The first-order valence-electron chi connectivity index (χ1n) is 12.9. The molecule has 5 atom stereocenters. The van der Waals surface area contributed by atoms with Crippen molar-refractivity contribution in [1.82, 2.24) is 0 Å². The molecule has 0 radical (unpaired) electrons. The first-order chi connectivity index (χ1) is 17.4. The van der Waals surface area contributed by atoms with Gasteiger partial charge in [-0.3, -0.25) is 0 Å². The van der Waals surface area contributed by atoms with Crippen LogP contribution in [-0.4, -0.2) is 6.17 Å². The van der Waals surface area contributed by atoms with Gasteiger partial charge in [-0.15, -0.1) is 0 Å². The average molecular weight is 455 g/mol. The first kappa shape index (κ1) is 19.5. The summed E-state index contributed by atoms with van der Waals surface area (Å²) in [5.74, 6) is 1.64. The Hall–Kier alpha value is -3.85. The van der Waals surface area contributed by atoms with E-state index < -0.39 is 0 Å². The van der Waals surface area contributed by atoms with Crippen molar-refractivity contribution in [2.45, 2.75) is 36.9 Å². The minimum atomic E-state index is 0.289.